The fourth-order valence-electron chi connectivity index (χ4n) is 4.85. The zero-order valence-corrected chi connectivity index (χ0v) is 20.1. The van der Waals surface area contributed by atoms with Crippen LogP contribution in [0.5, 0.6) is 5.75 Å². The van der Waals surface area contributed by atoms with E-state index in [1.165, 1.54) is 24.3 Å². The minimum absolute atomic E-state index is 0.0290. The highest BCUT2D eigenvalue weighted by molar-refractivity contribution is 5.95. The van der Waals surface area contributed by atoms with Crippen molar-refractivity contribution < 1.29 is 32.2 Å². The zero-order valence-electron chi connectivity index (χ0n) is 20.1. The van der Waals surface area contributed by atoms with Gasteiger partial charge in [-0.2, -0.15) is 0 Å². The van der Waals surface area contributed by atoms with Crippen LogP contribution in [0.1, 0.15) is 21.5 Å². The van der Waals surface area contributed by atoms with Crippen molar-refractivity contribution in [2.24, 2.45) is 0 Å². The van der Waals surface area contributed by atoms with E-state index in [2.05, 4.69) is 9.72 Å². The number of aromatic nitrogens is 1. The van der Waals surface area contributed by atoms with Gasteiger partial charge in [-0.25, -0.2) is 0 Å². The zero-order chi connectivity index (χ0) is 26.2. The van der Waals surface area contributed by atoms with E-state index >= 15 is 0 Å². The van der Waals surface area contributed by atoms with Crippen LogP contribution in [0.4, 0.5) is 13.2 Å². The smallest absolute Gasteiger partial charge is 0.406 e. The number of likely N-dealkylation sites (tertiary alicyclic amines) is 1. The molecule has 2 fully saturated rings. The molecule has 1 aromatic heterocycles. The first-order valence-electron chi connectivity index (χ1n) is 12.0. The SMILES string of the molecule is Cc1ccc(-c2cc(C(=O)N3C[C@H]4OCCN(C(=O)Cc5ccc(OC(F)(F)F)cc5)[C@H]4C3)c[nH]2)cc1. The summed E-state index contributed by atoms with van der Waals surface area (Å²) in [6, 6.07) is 14.8. The topological polar surface area (TPSA) is 74.9 Å². The Morgan fingerprint density at radius 2 is 1.81 bits per heavy atom. The van der Waals surface area contributed by atoms with E-state index in [0.29, 0.717) is 37.4 Å². The quantitative estimate of drug-likeness (QED) is 0.556. The molecular weight excluding hydrogens is 487 g/mol. The van der Waals surface area contributed by atoms with E-state index in [1.807, 2.05) is 37.3 Å². The Hall–Kier alpha value is -3.79. The molecule has 0 saturated carbocycles. The first-order valence-corrected chi connectivity index (χ1v) is 12.0. The predicted molar refractivity (Wildman–Crippen MR) is 129 cm³/mol. The molecule has 2 aliphatic heterocycles. The number of fused-ring (bicyclic) bond motifs is 1. The average molecular weight is 514 g/mol. The molecular formula is C27H26F3N3O4. The Kier molecular flexibility index (Phi) is 6.68. The number of hydrogen-bond acceptors (Lipinski definition) is 4. The van der Waals surface area contributed by atoms with Gasteiger partial charge in [-0.3, -0.25) is 9.59 Å². The van der Waals surface area contributed by atoms with Crippen LogP contribution < -0.4 is 4.74 Å². The lowest BCUT2D eigenvalue weighted by Crippen LogP contribution is -2.53. The maximum absolute atomic E-state index is 13.2. The van der Waals surface area contributed by atoms with Crippen LogP contribution in [0.3, 0.4) is 0 Å². The van der Waals surface area contributed by atoms with E-state index in [9.17, 15) is 22.8 Å². The molecule has 2 amide bonds. The summed E-state index contributed by atoms with van der Waals surface area (Å²) in [4.78, 5) is 32.9. The number of amides is 2. The Labute approximate surface area is 211 Å². The number of hydrogen-bond donors (Lipinski definition) is 1. The summed E-state index contributed by atoms with van der Waals surface area (Å²) in [5.41, 5.74) is 4.09. The lowest BCUT2D eigenvalue weighted by atomic mass is 10.1. The van der Waals surface area contributed by atoms with Gasteiger partial charge in [0.15, 0.2) is 0 Å². The van der Waals surface area contributed by atoms with Gasteiger partial charge in [0.25, 0.3) is 5.91 Å². The van der Waals surface area contributed by atoms with Crippen molar-refractivity contribution in [2.45, 2.75) is 31.9 Å². The first kappa shape index (κ1) is 24.9. The molecule has 2 aliphatic rings. The van der Waals surface area contributed by atoms with Crippen LogP contribution in [0, 0.1) is 6.92 Å². The third-order valence-electron chi connectivity index (χ3n) is 6.71. The number of aryl methyl sites for hydroxylation is 1. The minimum Gasteiger partial charge on any atom is -0.406 e. The number of halogens is 3. The fraction of sp³-hybridized carbons (Fsp3) is 0.333. The largest absolute Gasteiger partial charge is 0.573 e. The number of alkyl halides is 3. The summed E-state index contributed by atoms with van der Waals surface area (Å²) >= 11 is 0. The van der Waals surface area contributed by atoms with Crippen molar-refractivity contribution in [3.8, 4) is 17.0 Å². The Bertz CT molecular complexity index is 1270. The van der Waals surface area contributed by atoms with Crippen molar-refractivity contribution in [1.29, 1.82) is 0 Å². The second-order valence-corrected chi connectivity index (χ2v) is 9.31. The molecule has 2 saturated heterocycles. The molecule has 3 heterocycles. The number of rotatable bonds is 5. The Morgan fingerprint density at radius 1 is 1.08 bits per heavy atom. The van der Waals surface area contributed by atoms with Crippen LogP contribution in [-0.2, 0) is 16.0 Å². The summed E-state index contributed by atoms with van der Waals surface area (Å²) in [6.45, 7) is 3.48. The van der Waals surface area contributed by atoms with Gasteiger partial charge in [-0.05, 0) is 36.2 Å². The lowest BCUT2D eigenvalue weighted by Gasteiger charge is -2.36. The van der Waals surface area contributed by atoms with E-state index in [4.69, 9.17) is 4.74 Å². The molecule has 0 bridgehead atoms. The van der Waals surface area contributed by atoms with Gasteiger partial charge in [-0.15, -0.1) is 13.2 Å². The van der Waals surface area contributed by atoms with Gasteiger partial charge in [0.2, 0.25) is 5.91 Å². The molecule has 7 nitrogen and oxygen atoms in total. The van der Waals surface area contributed by atoms with Crippen molar-refractivity contribution in [3.05, 3.63) is 77.5 Å². The molecule has 2 atom stereocenters. The lowest BCUT2D eigenvalue weighted by molar-refractivity contribution is -0.274. The van der Waals surface area contributed by atoms with Gasteiger partial charge < -0.3 is 24.3 Å². The highest BCUT2D eigenvalue weighted by atomic mass is 19.4. The summed E-state index contributed by atoms with van der Waals surface area (Å²) < 4.78 is 46.9. The second kappa shape index (κ2) is 9.93. The van der Waals surface area contributed by atoms with Crippen molar-refractivity contribution in [1.82, 2.24) is 14.8 Å². The van der Waals surface area contributed by atoms with Gasteiger partial charge in [0.05, 0.1) is 30.7 Å². The highest BCUT2D eigenvalue weighted by Gasteiger charge is 2.43. The number of ether oxygens (including phenoxy) is 2. The van der Waals surface area contributed by atoms with Gasteiger partial charge in [0.1, 0.15) is 5.75 Å². The molecule has 0 aliphatic carbocycles. The average Bonchev–Trinajstić information content (AvgIpc) is 3.52. The first-order chi connectivity index (χ1) is 17.7. The molecule has 0 spiro atoms. The summed E-state index contributed by atoms with van der Waals surface area (Å²) in [5, 5.41) is 0. The van der Waals surface area contributed by atoms with Crippen LogP contribution in [0.25, 0.3) is 11.3 Å². The van der Waals surface area contributed by atoms with E-state index in [-0.39, 0.29) is 36.1 Å². The molecule has 10 heteroatoms. The number of benzene rings is 2. The number of nitrogens with one attached hydrogen (secondary N) is 1. The monoisotopic (exact) mass is 513 g/mol. The third kappa shape index (κ3) is 5.64. The van der Waals surface area contributed by atoms with Crippen molar-refractivity contribution in [3.63, 3.8) is 0 Å². The predicted octanol–water partition coefficient (Wildman–Crippen LogP) is 4.18. The minimum atomic E-state index is -4.77. The molecule has 2 aromatic carbocycles. The number of aromatic amines is 1. The van der Waals surface area contributed by atoms with E-state index in [1.54, 1.807) is 16.0 Å². The number of carbonyl (C=O) groups is 2. The number of carbonyl (C=O) groups excluding carboxylic acids is 2. The van der Waals surface area contributed by atoms with Gasteiger partial charge >= 0.3 is 6.36 Å². The van der Waals surface area contributed by atoms with Crippen molar-refractivity contribution in [2.75, 3.05) is 26.2 Å². The third-order valence-corrected chi connectivity index (χ3v) is 6.71. The molecule has 1 N–H and O–H groups in total. The number of H-pyrrole nitrogens is 1. The molecule has 194 valence electrons. The molecule has 0 radical (unpaired) electrons. The highest BCUT2D eigenvalue weighted by Crippen LogP contribution is 2.27. The molecule has 5 rings (SSSR count). The summed E-state index contributed by atoms with van der Waals surface area (Å²) in [7, 11) is 0. The van der Waals surface area contributed by atoms with Crippen molar-refractivity contribution >= 4 is 11.8 Å². The van der Waals surface area contributed by atoms with Crippen LogP contribution in [0.2, 0.25) is 0 Å². The maximum atomic E-state index is 13.2. The standard InChI is InChI=1S/C27H26F3N3O4/c1-17-2-6-19(7-3-17)22-13-20(14-31-22)26(35)32-15-23-24(16-32)36-11-10-33(23)25(34)12-18-4-8-21(9-5-18)37-27(28,29)30/h2-9,13-14,23-24,31H,10-12,15-16H2,1H3/t23-,24+/m0/s1. The summed E-state index contributed by atoms with van der Waals surface area (Å²) in [6.07, 6.45) is -3.34. The normalized spacial score (nSPS) is 19.6. The molecule has 37 heavy (non-hydrogen) atoms. The molecule has 3 aromatic rings. The van der Waals surface area contributed by atoms with Gasteiger partial charge in [-0.1, -0.05) is 42.0 Å². The maximum Gasteiger partial charge on any atom is 0.573 e. The number of morpholine rings is 1. The summed E-state index contributed by atoms with van der Waals surface area (Å²) in [5.74, 6) is -0.643. The van der Waals surface area contributed by atoms with Crippen LogP contribution in [-0.4, -0.2) is 71.3 Å². The Balaban J connectivity index is 1.23. The van der Waals surface area contributed by atoms with E-state index < -0.39 is 6.36 Å². The Morgan fingerprint density at radius 3 is 2.51 bits per heavy atom. The van der Waals surface area contributed by atoms with Crippen LogP contribution >= 0.6 is 0 Å². The second-order valence-electron chi connectivity index (χ2n) is 9.31. The number of nitrogens with zero attached hydrogens (tertiary/aromatic N) is 2. The van der Waals surface area contributed by atoms with Gasteiger partial charge in [0, 0.05) is 31.5 Å². The molecule has 0 unspecified atom stereocenters. The fourth-order valence-corrected chi connectivity index (χ4v) is 4.85. The van der Waals surface area contributed by atoms with E-state index in [0.717, 1.165) is 16.8 Å². The van der Waals surface area contributed by atoms with Crippen LogP contribution in [0.15, 0.2) is 60.8 Å².